The first kappa shape index (κ1) is 20.8. The maximum atomic E-state index is 13.0. The second-order valence-electron chi connectivity index (χ2n) is 7.39. The number of aromatic nitrogens is 2. The number of carbonyl (C=O) groups is 1. The number of nitrogens with zero attached hydrogens (tertiary/aromatic N) is 3. The lowest BCUT2D eigenvalue weighted by Gasteiger charge is -2.26. The number of rotatable bonds is 5. The van der Waals surface area contributed by atoms with Gasteiger partial charge in [-0.1, -0.05) is 21.6 Å². The molecule has 0 bridgehead atoms. The molecule has 1 aliphatic rings. The van der Waals surface area contributed by atoms with Crippen molar-refractivity contribution < 1.29 is 17.5 Å². The zero-order valence-corrected chi connectivity index (χ0v) is 17.5. The summed E-state index contributed by atoms with van der Waals surface area (Å²) in [5, 5.41) is 4.00. The van der Waals surface area contributed by atoms with Crippen molar-refractivity contribution in [3.8, 4) is 0 Å². The number of benzene rings is 1. The highest BCUT2D eigenvalue weighted by Crippen LogP contribution is 2.26. The van der Waals surface area contributed by atoms with Crippen molar-refractivity contribution in [3.63, 3.8) is 0 Å². The molecule has 3 aromatic rings. The molecule has 1 amide bonds. The van der Waals surface area contributed by atoms with Gasteiger partial charge in [0.05, 0.1) is 5.56 Å². The molecule has 4 rings (SSSR count). The number of alkyl halides is 2. The minimum atomic E-state index is -2.61. The van der Waals surface area contributed by atoms with Crippen LogP contribution in [0.5, 0.6) is 0 Å². The summed E-state index contributed by atoms with van der Waals surface area (Å²) in [5.41, 5.74) is 0.765. The van der Waals surface area contributed by atoms with E-state index in [4.69, 9.17) is 24.0 Å². The van der Waals surface area contributed by atoms with Crippen LogP contribution in [0.25, 0.3) is 5.65 Å². The first-order valence-corrected chi connectivity index (χ1v) is 10.5. The van der Waals surface area contributed by atoms with Gasteiger partial charge in [-0.15, -0.1) is 0 Å². The number of anilines is 1. The third kappa shape index (κ3) is 4.34. The van der Waals surface area contributed by atoms with E-state index in [0.717, 1.165) is 31.5 Å². The number of fused-ring (bicyclic) bond motifs is 1. The van der Waals surface area contributed by atoms with Gasteiger partial charge in [0.25, 0.3) is 18.9 Å². The van der Waals surface area contributed by atoms with Gasteiger partial charge in [0.15, 0.2) is 6.04 Å². The van der Waals surface area contributed by atoms with Gasteiger partial charge in [0, 0.05) is 30.1 Å². The maximum absolute atomic E-state index is 13.0. The number of hydrogen-bond acceptors (Lipinski definition) is 4. The summed E-state index contributed by atoms with van der Waals surface area (Å²) in [7, 11) is 0. The molecule has 1 aromatic carbocycles. The van der Waals surface area contributed by atoms with Crippen LogP contribution in [0.1, 0.15) is 48.2 Å². The van der Waals surface area contributed by atoms with Crippen LogP contribution in [0.15, 0.2) is 48.7 Å². The zero-order chi connectivity index (χ0) is 21.3. The fourth-order valence-electron chi connectivity index (χ4n) is 3.80. The Morgan fingerprint density at radius 2 is 1.87 bits per heavy atom. The number of halogens is 3. The summed E-state index contributed by atoms with van der Waals surface area (Å²) in [6.07, 6.45) is 1.93. The van der Waals surface area contributed by atoms with E-state index in [2.05, 4.69) is 10.3 Å². The van der Waals surface area contributed by atoms with Gasteiger partial charge in [-0.25, -0.2) is 18.6 Å². The van der Waals surface area contributed by atoms with Crippen molar-refractivity contribution in [3.05, 3.63) is 64.9 Å². The standard InChI is InChI=1S/C21H20ClF2N4OS/c22-14-6-4-13(5-7-14)21(29)28(30)16-10-8-15(9-11-16)25-18-2-1-3-19-26-17(20(23)24)12-27(18)19/h1-7,12,15-16,20,25H,8-11H2/q+1/t15-,16+. The molecule has 1 fully saturated rings. The summed E-state index contributed by atoms with van der Waals surface area (Å²) >= 11 is 11.3. The zero-order valence-electron chi connectivity index (χ0n) is 16.0. The Kier molecular flexibility index (Phi) is 6.06. The lowest BCUT2D eigenvalue weighted by molar-refractivity contribution is -0.448. The third-order valence-corrected chi connectivity index (χ3v) is 6.12. The Morgan fingerprint density at radius 3 is 2.53 bits per heavy atom. The molecule has 30 heavy (non-hydrogen) atoms. The van der Waals surface area contributed by atoms with Gasteiger partial charge in [0.1, 0.15) is 17.2 Å². The summed E-state index contributed by atoms with van der Waals surface area (Å²) in [4.78, 5) is 16.6. The molecular weight excluding hydrogens is 430 g/mol. The molecule has 0 aliphatic heterocycles. The molecule has 1 saturated carbocycles. The number of imidazole rings is 1. The molecule has 1 aliphatic carbocycles. The molecule has 0 radical (unpaired) electrons. The van der Waals surface area contributed by atoms with Gasteiger partial charge < -0.3 is 5.32 Å². The second-order valence-corrected chi connectivity index (χ2v) is 8.22. The largest absolute Gasteiger partial charge is 0.433 e. The van der Waals surface area contributed by atoms with E-state index in [1.54, 1.807) is 40.8 Å². The van der Waals surface area contributed by atoms with Crippen LogP contribution in [0, 0.1) is 0 Å². The normalized spacial score (nSPS) is 19.2. The first-order chi connectivity index (χ1) is 14.4. The van der Waals surface area contributed by atoms with Gasteiger partial charge in [0.2, 0.25) is 0 Å². The molecule has 0 saturated heterocycles. The number of amides is 1. The highest BCUT2D eigenvalue weighted by atomic mass is 35.5. The summed E-state index contributed by atoms with van der Waals surface area (Å²) in [5.74, 6) is 0.531. The smallest absolute Gasteiger partial charge is 0.368 e. The fourth-order valence-corrected chi connectivity index (χ4v) is 4.24. The monoisotopic (exact) mass is 449 g/mol. The maximum Gasteiger partial charge on any atom is 0.433 e. The minimum absolute atomic E-state index is 0.0179. The van der Waals surface area contributed by atoms with Crippen LogP contribution < -0.4 is 5.32 Å². The number of carbonyl (C=O) groups excluding carboxylic acids is 1. The molecule has 0 spiro atoms. The van der Waals surface area contributed by atoms with Crippen LogP contribution >= 0.6 is 11.6 Å². The predicted octanol–water partition coefficient (Wildman–Crippen LogP) is 5.23. The highest BCUT2D eigenvalue weighted by Gasteiger charge is 2.34. The van der Waals surface area contributed by atoms with E-state index in [0.29, 0.717) is 16.2 Å². The van der Waals surface area contributed by atoms with E-state index in [1.807, 2.05) is 6.07 Å². The number of pyridine rings is 1. The van der Waals surface area contributed by atoms with Crippen molar-refractivity contribution in [2.24, 2.45) is 0 Å². The second kappa shape index (κ2) is 8.73. The lowest BCUT2D eigenvalue weighted by atomic mass is 9.91. The average molecular weight is 450 g/mol. The van der Waals surface area contributed by atoms with Crippen molar-refractivity contribution >= 4 is 41.4 Å². The van der Waals surface area contributed by atoms with Crippen LogP contribution in [-0.2, 0) is 12.4 Å². The molecule has 2 aromatic heterocycles. The van der Waals surface area contributed by atoms with Gasteiger partial charge >= 0.3 is 5.91 Å². The van der Waals surface area contributed by atoms with Gasteiger partial charge in [-0.2, -0.15) is 0 Å². The molecule has 156 valence electrons. The SMILES string of the molecule is O=C(c1ccc(Cl)cc1)[N+](=S)[C@H]1CC[C@@H](Nc2cccc3nc(C(F)F)cn23)CC1. The summed E-state index contributed by atoms with van der Waals surface area (Å²) in [6, 6.07) is 12.2. The molecule has 0 unspecified atom stereocenters. The summed E-state index contributed by atoms with van der Waals surface area (Å²) in [6.45, 7) is 0. The number of nitrogens with one attached hydrogen (secondary N) is 1. The van der Waals surface area contributed by atoms with E-state index < -0.39 is 6.43 Å². The van der Waals surface area contributed by atoms with E-state index in [9.17, 15) is 13.6 Å². The van der Waals surface area contributed by atoms with E-state index in [1.165, 1.54) is 10.1 Å². The van der Waals surface area contributed by atoms with Crippen LogP contribution in [0.4, 0.5) is 14.6 Å². The molecule has 5 nitrogen and oxygen atoms in total. The molecule has 0 atom stereocenters. The molecule has 1 N–H and O–H groups in total. The Morgan fingerprint density at radius 1 is 1.17 bits per heavy atom. The van der Waals surface area contributed by atoms with Gasteiger partial charge in [-0.05, 0) is 49.2 Å². The van der Waals surface area contributed by atoms with Crippen molar-refractivity contribution in [2.75, 3.05) is 5.32 Å². The van der Waals surface area contributed by atoms with Crippen LogP contribution in [0.3, 0.4) is 0 Å². The third-order valence-electron chi connectivity index (χ3n) is 5.41. The molecular formula is C21H20ClF2N4OS+. The molecule has 9 heteroatoms. The Balaban J connectivity index is 1.39. The topological polar surface area (TPSA) is 49.4 Å². The van der Waals surface area contributed by atoms with Crippen molar-refractivity contribution in [1.82, 2.24) is 9.38 Å². The van der Waals surface area contributed by atoms with Crippen molar-refractivity contribution in [1.29, 1.82) is 0 Å². The lowest BCUT2D eigenvalue weighted by Crippen LogP contribution is -2.37. The predicted molar refractivity (Wildman–Crippen MR) is 113 cm³/mol. The van der Waals surface area contributed by atoms with Crippen LogP contribution in [0.2, 0.25) is 5.02 Å². The Hall–Kier alpha value is -2.45. The van der Waals surface area contributed by atoms with Crippen molar-refractivity contribution in [2.45, 2.75) is 44.2 Å². The fraction of sp³-hybridized carbons (Fsp3) is 0.333. The number of hydrogen-bond donors (Lipinski definition) is 1. The minimum Gasteiger partial charge on any atom is -0.368 e. The van der Waals surface area contributed by atoms with Gasteiger partial charge in [-0.3, -0.25) is 4.40 Å². The average Bonchev–Trinajstić information content (AvgIpc) is 3.20. The summed E-state index contributed by atoms with van der Waals surface area (Å²) < 4.78 is 29.0. The first-order valence-electron chi connectivity index (χ1n) is 9.71. The Labute approximate surface area is 182 Å². The van der Waals surface area contributed by atoms with E-state index >= 15 is 0 Å². The molecule has 2 heterocycles. The quantitative estimate of drug-likeness (QED) is 0.542. The highest BCUT2D eigenvalue weighted by molar-refractivity contribution is 7.44. The Bertz CT molecular complexity index is 1080. The van der Waals surface area contributed by atoms with E-state index in [-0.39, 0.29) is 23.7 Å². The van der Waals surface area contributed by atoms with Crippen LogP contribution in [-0.4, -0.2) is 31.3 Å².